The van der Waals surface area contributed by atoms with Crippen LogP contribution in [0.5, 0.6) is 0 Å². The number of hydrogen-bond donors (Lipinski definition) is 0. The molecule has 0 bridgehead atoms. The average Bonchev–Trinajstić information content (AvgIpc) is 2.74. The largest absolute Gasteiger partial charge is 0.338 e. The third-order valence-corrected chi connectivity index (χ3v) is 5.48. The number of amides is 1. The fourth-order valence-electron chi connectivity index (χ4n) is 3.11. The highest BCUT2D eigenvalue weighted by Gasteiger charge is 2.23. The van der Waals surface area contributed by atoms with E-state index in [0.717, 1.165) is 41.9 Å². The van der Waals surface area contributed by atoms with Crippen LogP contribution >= 0.6 is 11.8 Å². The molecule has 1 atom stereocenters. The Hall–Kier alpha value is -1.49. The fraction of sp³-hybridized carbons (Fsp3) is 0.529. The van der Waals surface area contributed by atoms with Gasteiger partial charge in [-0.1, -0.05) is 13.3 Å². The monoisotopic (exact) mass is 317 g/mol. The van der Waals surface area contributed by atoms with Crippen molar-refractivity contribution in [2.45, 2.75) is 31.4 Å². The van der Waals surface area contributed by atoms with E-state index >= 15 is 0 Å². The van der Waals surface area contributed by atoms with Gasteiger partial charge >= 0.3 is 0 Å². The lowest BCUT2D eigenvalue weighted by atomic mass is 10.1. The number of carbonyl (C=O) groups excluding carboxylic acids is 1. The Bertz CT molecular complexity index is 667. The van der Waals surface area contributed by atoms with Crippen LogP contribution in [0.2, 0.25) is 0 Å². The van der Waals surface area contributed by atoms with Crippen LogP contribution in [0.15, 0.2) is 24.5 Å². The van der Waals surface area contributed by atoms with Crippen molar-refractivity contribution >= 4 is 28.7 Å². The van der Waals surface area contributed by atoms with E-state index in [-0.39, 0.29) is 5.91 Å². The molecule has 2 heterocycles. The van der Waals surface area contributed by atoms with Gasteiger partial charge in [0.25, 0.3) is 5.91 Å². The van der Waals surface area contributed by atoms with Gasteiger partial charge in [-0.25, -0.2) is 4.98 Å². The van der Waals surface area contributed by atoms with E-state index in [1.54, 1.807) is 6.33 Å². The number of carbonyl (C=O) groups is 1. The normalized spacial score (nSPS) is 19.4. The van der Waals surface area contributed by atoms with Crippen molar-refractivity contribution in [1.82, 2.24) is 14.5 Å². The van der Waals surface area contributed by atoms with Gasteiger partial charge in [0.15, 0.2) is 0 Å². The van der Waals surface area contributed by atoms with Crippen molar-refractivity contribution in [2.75, 3.05) is 18.8 Å². The molecule has 1 aromatic heterocycles. The van der Waals surface area contributed by atoms with Gasteiger partial charge in [0.2, 0.25) is 0 Å². The molecule has 1 amide bonds. The van der Waals surface area contributed by atoms with E-state index in [9.17, 15) is 4.79 Å². The van der Waals surface area contributed by atoms with Crippen molar-refractivity contribution in [3.63, 3.8) is 0 Å². The van der Waals surface area contributed by atoms with Gasteiger partial charge in [-0.3, -0.25) is 4.79 Å². The van der Waals surface area contributed by atoms with Crippen molar-refractivity contribution in [1.29, 1.82) is 0 Å². The van der Waals surface area contributed by atoms with Crippen LogP contribution in [-0.2, 0) is 7.05 Å². The number of fused-ring (bicyclic) bond motifs is 1. The first-order chi connectivity index (χ1) is 10.7. The number of nitrogens with zero attached hydrogens (tertiary/aromatic N) is 3. The topological polar surface area (TPSA) is 38.1 Å². The summed E-state index contributed by atoms with van der Waals surface area (Å²) in [7, 11) is 1.97. The number of aromatic nitrogens is 2. The van der Waals surface area contributed by atoms with E-state index in [4.69, 9.17) is 0 Å². The lowest BCUT2D eigenvalue weighted by Gasteiger charge is -2.24. The summed E-state index contributed by atoms with van der Waals surface area (Å²) in [6, 6.07) is 5.84. The minimum absolute atomic E-state index is 0.149. The van der Waals surface area contributed by atoms with Crippen molar-refractivity contribution in [2.24, 2.45) is 7.05 Å². The summed E-state index contributed by atoms with van der Waals surface area (Å²) in [5.41, 5.74) is 2.71. The lowest BCUT2D eigenvalue weighted by molar-refractivity contribution is 0.0763. The summed E-state index contributed by atoms with van der Waals surface area (Å²) in [4.78, 5) is 19.2. The van der Waals surface area contributed by atoms with Crippen molar-refractivity contribution in [3.8, 4) is 0 Å². The van der Waals surface area contributed by atoms with Gasteiger partial charge in [0.05, 0.1) is 17.4 Å². The van der Waals surface area contributed by atoms with Gasteiger partial charge in [-0.15, -0.1) is 0 Å². The van der Waals surface area contributed by atoms with E-state index in [1.165, 1.54) is 12.8 Å². The molecule has 0 saturated carbocycles. The zero-order valence-corrected chi connectivity index (χ0v) is 14.1. The Balaban J connectivity index is 1.81. The Morgan fingerprint density at radius 2 is 2.27 bits per heavy atom. The zero-order chi connectivity index (χ0) is 15.5. The number of hydrogen-bond acceptors (Lipinski definition) is 3. The molecule has 1 aromatic carbocycles. The first-order valence-corrected chi connectivity index (χ1v) is 9.06. The molecule has 1 fully saturated rings. The second-order valence-electron chi connectivity index (χ2n) is 5.88. The molecule has 22 heavy (non-hydrogen) atoms. The van der Waals surface area contributed by atoms with E-state index in [1.807, 2.05) is 46.5 Å². The summed E-state index contributed by atoms with van der Waals surface area (Å²) < 4.78 is 1.98. The van der Waals surface area contributed by atoms with E-state index in [0.29, 0.717) is 5.25 Å². The minimum Gasteiger partial charge on any atom is -0.338 e. The first-order valence-electron chi connectivity index (χ1n) is 8.01. The Kier molecular flexibility index (Phi) is 4.71. The van der Waals surface area contributed by atoms with Crippen LogP contribution in [0.3, 0.4) is 0 Å². The van der Waals surface area contributed by atoms with E-state index in [2.05, 4.69) is 11.9 Å². The molecular formula is C17H23N3OS. The predicted octanol–water partition coefficient (Wildman–Crippen LogP) is 3.32. The second-order valence-corrected chi connectivity index (χ2v) is 7.46. The summed E-state index contributed by atoms with van der Waals surface area (Å²) in [5, 5.41) is 0.579. The summed E-state index contributed by atoms with van der Waals surface area (Å²) in [5.74, 6) is 1.27. The molecule has 0 aliphatic carbocycles. The maximum atomic E-state index is 12.8. The van der Waals surface area contributed by atoms with Gasteiger partial charge in [0.1, 0.15) is 0 Å². The van der Waals surface area contributed by atoms with Crippen LogP contribution in [0.4, 0.5) is 0 Å². The van der Waals surface area contributed by atoms with Gasteiger partial charge < -0.3 is 9.47 Å². The molecule has 1 aliphatic rings. The molecule has 4 nitrogen and oxygen atoms in total. The van der Waals surface area contributed by atoms with Crippen LogP contribution < -0.4 is 0 Å². The Morgan fingerprint density at radius 1 is 1.41 bits per heavy atom. The van der Waals surface area contributed by atoms with E-state index < -0.39 is 0 Å². The summed E-state index contributed by atoms with van der Waals surface area (Å²) in [6.07, 6.45) is 5.35. The minimum atomic E-state index is 0.149. The van der Waals surface area contributed by atoms with Crippen LogP contribution in [0.25, 0.3) is 11.0 Å². The first kappa shape index (κ1) is 15.4. The molecule has 5 heteroatoms. The van der Waals surface area contributed by atoms with Crippen LogP contribution in [0.1, 0.15) is 36.5 Å². The number of rotatable bonds is 3. The van der Waals surface area contributed by atoms with Crippen LogP contribution in [0, 0.1) is 0 Å². The summed E-state index contributed by atoms with van der Waals surface area (Å²) in [6.45, 7) is 3.94. The molecule has 1 saturated heterocycles. The third-order valence-electron chi connectivity index (χ3n) is 4.29. The van der Waals surface area contributed by atoms with Gasteiger partial charge in [-0.2, -0.15) is 11.8 Å². The third kappa shape index (κ3) is 3.14. The highest BCUT2D eigenvalue weighted by molar-refractivity contribution is 7.99. The molecule has 2 aromatic rings. The zero-order valence-electron chi connectivity index (χ0n) is 13.3. The number of likely N-dealkylation sites (tertiary alicyclic amines) is 1. The SMILES string of the molecule is CCS[C@@H]1CCCCN(C(=O)c2ccc3c(c2)ncn3C)C1. The molecule has 0 radical (unpaired) electrons. The Labute approximate surface area is 135 Å². The standard InChI is InChI=1S/C17H23N3OS/c1-3-22-14-6-4-5-9-20(11-14)17(21)13-7-8-16-15(10-13)18-12-19(16)2/h7-8,10,12,14H,3-6,9,11H2,1-2H3/t14-/m1/s1. The highest BCUT2D eigenvalue weighted by atomic mass is 32.2. The number of aryl methyl sites for hydroxylation is 1. The molecule has 118 valence electrons. The lowest BCUT2D eigenvalue weighted by Crippen LogP contribution is -2.35. The summed E-state index contributed by atoms with van der Waals surface area (Å²) >= 11 is 1.98. The number of imidazole rings is 1. The smallest absolute Gasteiger partial charge is 0.253 e. The predicted molar refractivity (Wildman–Crippen MR) is 92.4 cm³/mol. The second kappa shape index (κ2) is 6.73. The fourth-order valence-corrected chi connectivity index (χ4v) is 4.20. The molecule has 0 N–H and O–H groups in total. The highest BCUT2D eigenvalue weighted by Crippen LogP contribution is 2.24. The molecule has 1 aliphatic heterocycles. The van der Waals surface area contributed by atoms with Crippen molar-refractivity contribution in [3.05, 3.63) is 30.1 Å². The maximum Gasteiger partial charge on any atom is 0.253 e. The molecule has 0 spiro atoms. The average molecular weight is 317 g/mol. The molecular weight excluding hydrogens is 294 g/mol. The molecule has 3 rings (SSSR count). The van der Waals surface area contributed by atoms with Gasteiger partial charge in [-0.05, 0) is 36.8 Å². The molecule has 0 unspecified atom stereocenters. The number of thioether (sulfide) groups is 1. The number of benzene rings is 1. The Morgan fingerprint density at radius 3 is 3.09 bits per heavy atom. The quantitative estimate of drug-likeness (QED) is 0.871. The van der Waals surface area contributed by atoms with Crippen molar-refractivity contribution < 1.29 is 4.79 Å². The van der Waals surface area contributed by atoms with Crippen LogP contribution in [-0.4, -0.2) is 44.5 Å². The maximum absolute atomic E-state index is 12.8. The van der Waals surface area contributed by atoms with Gasteiger partial charge in [0, 0.05) is 31.0 Å².